The minimum atomic E-state index is -0.109. The monoisotopic (exact) mass is 396 g/mol. The maximum absolute atomic E-state index is 12.8. The molecule has 0 atom stereocenters. The molecule has 144 valence electrons. The zero-order valence-electron chi connectivity index (χ0n) is 15.7. The van der Waals surface area contributed by atoms with E-state index in [4.69, 9.17) is 4.52 Å². The highest BCUT2D eigenvalue weighted by Gasteiger charge is 2.17. The van der Waals surface area contributed by atoms with Gasteiger partial charge in [0, 0.05) is 13.0 Å². The van der Waals surface area contributed by atoms with Gasteiger partial charge >= 0.3 is 0 Å². The second kappa shape index (κ2) is 7.59. The highest BCUT2D eigenvalue weighted by Crippen LogP contribution is 2.24. The molecule has 0 saturated carbocycles. The number of allylic oxidation sites excluding steroid dienone is 1. The Kier molecular flexibility index (Phi) is 4.99. The summed E-state index contributed by atoms with van der Waals surface area (Å²) in [5, 5.41) is 13.8. The smallest absolute Gasteiger partial charge is 0.263 e. The highest BCUT2D eigenvalue weighted by molar-refractivity contribution is 7.98. The summed E-state index contributed by atoms with van der Waals surface area (Å²) in [5.41, 5.74) is 0.656. The van der Waals surface area contributed by atoms with Gasteiger partial charge in [-0.1, -0.05) is 49.0 Å². The van der Waals surface area contributed by atoms with Crippen LogP contribution in [0.4, 0.5) is 0 Å². The lowest BCUT2D eigenvalue weighted by Gasteiger charge is -2.09. The van der Waals surface area contributed by atoms with E-state index in [2.05, 4.69) is 40.8 Å². The minimum absolute atomic E-state index is 0.109. The molecular formula is C19H20N6O2S. The third-order valence-corrected chi connectivity index (χ3v) is 5.13. The molecular weight excluding hydrogens is 376 g/mol. The molecule has 0 aliphatic carbocycles. The zero-order valence-corrected chi connectivity index (χ0v) is 16.5. The zero-order chi connectivity index (χ0) is 19.7. The number of thioether (sulfide) groups is 1. The van der Waals surface area contributed by atoms with Crippen LogP contribution in [0.5, 0.6) is 0 Å². The van der Waals surface area contributed by atoms with E-state index in [1.165, 1.54) is 11.8 Å². The van der Waals surface area contributed by atoms with Gasteiger partial charge in [0.2, 0.25) is 11.7 Å². The fourth-order valence-corrected chi connectivity index (χ4v) is 3.82. The summed E-state index contributed by atoms with van der Waals surface area (Å²) in [6.07, 6.45) is 2.45. The van der Waals surface area contributed by atoms with E-state index in [1.54, 1.807) is 16.7 Å². The molecule has 4 aromatic rings. The van der Waals surface area contributed by atoms with E-state index in [0.29, 0.717) is 46.3 Å². The van der Waals surface area contributed by atoms with Gasteiger partial charge in [-0.25, -0.2) is 0 Å². The molecule has 28 heavy (non-hydrogen) atoms. The summed E-state index contributed by atoms with van der Waals surface area (Å²) < 4.78 is 8.79. The summed E-state index contributed by atoms with van der Waals surface area (Å²) in [5.74, 6) is 2.67. The number of nitrogens with zero attached hydrogens (tertiary/aromatic N) is 6. The number of para-hydroxylation sites is 1. The first kappa shape index (κ1) is 18.4. The average Bonchev–Trinajstić information content (AvgIpc) is 3.30. The topological polar surface area (TPSA) is 91.1 Å². The van der Waals surface area contributed by atoms with Crippen LogP contribution in [0.15, 0.2) is 51.4 Å². The van der Waals surface area contributed by atoms with Crippen LogP contribution in [0.2, 0.25) is 0 Å². The second-order valence-electron chi connectivity index (χ2n) is 6.83. The van der Waals surface area contributed by atoms with Crippen molar-refractivity contribution in [2.24, 2.45) is 5.92 Å². The van der Waals surface area contributed by atoms with Gasteiger partial charge in [0.15, 0.2) is 11.0 Å². The van der Waals surface area contributed by atoms with Crippen LogP contribution in [0, 0.1) is 5.92 Å². The number of benzene rings is 1. The maximum Gasteiger partial charge on any atom is 0.263 e. The standard InChI is InChI=1S/C19H20N6O2S/c1-4-9-24-17(26)13-7-5-6-8-14(13)25-18(24)21-22-19(25)28-11-16-20-15(23-27-16)10-12(2)3/h4-8,12H,1,9-11H2,2-3H3. The van der Waals surface area contributed by atoms with Crippen molar-refractivity contribution in [3.8, 4) is 0 Å². The van der Waals surface area contributed by atoms with Crippen LogP contribution in [-0.4, -0.2) is 29.3 Å². The van der Waals surface area contributed by atoms with Crippen molar-refractivity contribution in [3.63, 3.8) is 0 Å². The first-order valence-corrected chi connectivity index (χ1v) is 9.99. The molecule has 0 radical (unpaired) electrons. The third kappa shape index (κ3) is 3.33. The van der Waals surface area contributed by atoms with Crippen molar-refractivity contribution in [1.82, 2.24) is 29.3 Å². The minimum Gasteiger partial charge on any atom is -0.338 e. The fourth-order valence-electron chi connectivity index (χ4n) is 3.04. The average molecular weight is 396 g/mol. The van der Waals surface area contributed by atoms with Crippen LogP contribution >= 0.6 is 11.8 Å². The van der Waals surface area contributed by atoms with Crippen molar-refractivity contribution in [2.45, 2.75) is 37.7 Å². The lowest BCUT2D eigenvalue weighted by molar-refractivity contribution is 0.382. The van der Waals surface area contributed by atoms with Crippen molar-refractivity contribution < 1.29 is 4.52 Å². The Bertz CT molecular complexity index is 1210. The Morgan fingerprint density at radius 2 is 2.11 bits per heavy atom. The van der Waals surface area contributed by atoms with Gasteiger partial charge in [0.1, 0.15) is 0 Å². The Labute approximate surface area is 165 Å². The van der Waals surface area contributed by atoms with E-state index in [0.717, 1.165) is 11.9 Å². The first-order chi connectivity index (χ1) is 13.6. The normalized spacial score (nSPS) is 11.7. The van der Waals surface area contributed by atoms with Crippen LogP contribution in [0.3, 0.4) is 0 Å². The van der Waals surface area contributed by atoms with Gasteiger partial charge < -0.3 is 4.52 Å². The first-order valence-electron chi connectivity index (χ1n) is 9.00. The summed E-state index contributed by atoms with van der Waals surface area (Å²) in [4.78, 5) is 17.2. The number of rotatable bonds is 7. The Balaban J connectivity index is 1.73. The van der Waals surface area contributed by atoms with E-state index >= 15 is 0 Å². The molecule has 1 aromatic carbocycles. The molecule has 3 aromatic heterocycles. The second-order valence-corrected chi connectivity index (χ2v) is 7.77. The molecule has 3 heterocycles. The molecule has 8 nitrogen and oxygen atoms in total. The van der Waals surface area contributed by atoms with Gasteiger partial charge in [0.25, 0.3) is 5.56 Å². The molecule has 0 N–H and O–H groups in total. The van der Waals surface area contributed by atoms with Gasteiger partial charge in [-0.05, 0) is 18.1 Å². The van der Waals surface area contributed by atoms with Crippen molar-refractivity contribution in [2.75, 3.05) is 0 Å². The third-order valence-electron chi connectivity index (χ3n) is 4.22. The van der Waals surface area contributed by atoms with Gasteiger partial charge in [-0.3, -0.25) is 13.8 Å². The molecule has 0 fully saturated rings. The largest absolute Gasteiger partial charge is 0.338 e. The SMILES string of the molecule is C=CCn1c(=O)c2ccccc2n2c(SCc3nc(CC(C)C)no3)nnc12. The van der Waals surface area contributed by atoms with Crippen molar-refractivity contribution in [3.05, 3.63) is 59.0 Å². The van der Waals surface area contributed by atoms with E-state index < -0.39 is 0 Å². The van der Waals surface area contributed by atoms with Crippen LogP contribution < -0.4 is 5.56 Å². The molecule has 0 bridgehead atoms. The summed E-state index contributed by atoms with van der Waals surface area (Å²) in [6.45, 7) is 8.32. The van der Waals surface area contributed by atoms with E-state index in [1.807, 2.05) is 22.6 Å². The Hall–Kier alpha value is -2.94. The number of fused-ring (bicyclic) bond motifs is 3. The van der Waals surface area contributed by atoms with E-state index in [-0.39, 0.29) is 5.56 Å². The predicted octanol–water partition coefficient (Wildman–Crippen LogP) is 3.10. The summed E-state index contributed by atoms with van der Waals surface area (Å²) in [6, 6.07) is 7.44. The van der Waals surface area contributed by atoms with Gasteiger partial charge in [-0.15, -0.1) is 16.8 Å². The molecule has 9 heteroatoms. The fraction of sp³-hybridized carbons (Fsp3) is 0.316. The van der Waals surface area contributed by atoms with Crippen molar-refractivity contribution >= 4 is 28.4 Å². The van der Waals surface area contributed by atoms with Crippen LogP contribution in [0.1, 0.15) is 25.6 Å². The molecule has 0 spiro atoms. The molecule has 0 unspecified atom stereocenters. The van der Waals surface area contributed by atoms with E-state index in [9.17, 15) is 4.79 Å². The maximum atomic E-state index is 12.8. The molecule has 0 aliphatic heterocycles. The van der Waals surface area contributed by atoms with Crippen molar-refractivity contribution in [1.29, 1.82) is 0 Å². The Morgan fingerprint density at radius 3 is 2.89 bits per heavy atom. The molecule has 0 saturated heterocycles. The summed E-state index contributed by atoms with van der Waals surface area (Å²) in [7, 11) is 0. The highest BCUT2D eigenvalue weighted by atomic mass is 32.2. The molecule has 0 aliphatic rings. The van der Waals surface area contributed by atoms with Crippen LogP contribution in [0.25, 0.3) is 16.7 Å². The lowest BCUT2D eigenvalue weighted by atomic mass is 10.1. The molecule has 0 amide bonds. The predicted molar refractivity (Wildman–Crippen MR) is 107 cm³/mol. The number of aromatic nitrogens is 6. The lowest BCUT2D eigenvalue weighted by Crippen LogP contribution is -2.22. The number of hydrogen-bond acceptors (Lipinski definition) is 7. The van der Waals surface area contributed by atoms with Gasteiger partial charge in [0.05, 0.1) is 16.7 Å². The number of hydrogen-bond donors (Lipinski definition) is 0. The molecule has 4 rings (SSSR count). The van der Waals surface area contributed by atoms with Gasteiger partial charge in [-0.2, -0.15) is 4.98 Å². The quantitative estimate of drug-likeness (QED) is 0.350. The van der Waals surface area contributed by atoms with Crippen LogP contribution in [-0.2, 0) is 18.7 Å². The Morgan fingerprint density at radius 1 is 1.29 bits per heavy atom. The summed E-state index contributed by atoms with van der Waals surface area (Å²) >= 11 is 1.44.